The van der Waals surface area contributed by atoms with Gasteiger partial charge in [-0.3, -0.25) is 4.98 Å². The lowest BCUT2D eigenvalue weighted by Crippen LogP contribution is -2.56. The minimum absolute atomic E-state index is 0.390. The number of hydrogen-bond acceptors (Lipinski definition) is 3. The molecular formula is C12H16N2O. The molecule has 0 unspecified atom stereocenters. The Bertz CT molecular complexity index is 338. The van der Waals surface area contributed by atoms with Crippen molar-refractivity contribution in [2.75, 3.05) is 0 Å². The van der Waals surface area contributed by atoms with Crippen molar-refractivity contribution in [1.82, 2.24) is 4.98 Å². The van der Waals surface area contributed by atoms with Crippen LogP contribution in [-0.4, -0.2) is 17.1 Å². The summed E-state index contributed by atoms with van der Waals surface area (Å²) in [4.78, 5) is 4.03. The van der Waals surface area contributed by atoms with Crippen molar-refractivity contribution < 1.29 is 4.74 Å². The predicted octanol–water partition coefficient (Wildman–Crippen LogP) is 1.73. The average Bonchev–Trinajstić information content (AvgIpc) is 2.14. The smallest absolute Gasteiger partial charge is 0.137 e. The van der Waals surface area contributed by atoms with Crippen molar-refractivity contribution in [3.05, 3.63) is 24.5 Å². The lowest BCUT2D eigenvalue weighted by molar-refractivity contribution is -0.0782. The SMILES string of the molecule is NC1CC2(C1)CC(Oc1cccnc1)C2. The van der Waals surface area contributed by atoms with E-state index in [0.29, 0.717) is 17.6 Å². The van der Waals surface area contributed by atoms with Gasteiger partial charge >= 0.3 is 0 Å². The van der Waals surface area contributed by atoms with Gasteiger partial charge in [-0.05, 0) is 43.2 Å². The van der Waals surface area contributed by atoms with E-state index in [-0.39, 0.29) is 0 Å². The van der Waals surface area contributed by atoms with Crippen LogP contribution in [0, 0.1) is 5.41 Å². The normalized spacial score (nSPS) is 38.2. The first-order chi connectivity index (χ1) is 7.26. The van der Waals surface area contributed by atoms with Crippen LogP contribution in [-0.2, 0) is 0 Å². The summed E-state index contributed by atoms with van der Waals surface area (Å²) in [6.07, 6.45) is 8.67. The number of ether oxygens (including phenoxy) is 1. The van der Waals surface area contributed by atoms with Crippen LogP contribution in [0.3, 0.4) is 0 Å². The highest BCUT2D eigenvalue weighted by Gasteiger charge is 2.52. The van der Waals surface area contributed by atoms with E-state index < -0.39 is 0 Å². The van der Waals surface area contributed by atoms with Crippen molar-refractivity contribution in [2.45, 2.75) is 37.8 Å². The number of nitrogens with zero attached hydrogens (tertiary/aromatic N) is 1. The fourth-order valence-electron chi connectivity index (χ4n) is 2.98. The maximum absolute atomic E-state index is 5.81. The van der Waals surface area contributed by atoms with Crippen LogP contribution in [0.4, 0.5) is 0 Å². The van der Waals surface area contributed by atoms with Gasteiger partial charge in [0.25, 0.3) is 0 Å². The van der Waals surface area contributed by atoms with Crippen molar-refractivity contribution in [3.63, 3.8) is 0 Å². The Morgan fingerprint density at radius 1 is 1.33 bits per heavy atom. The van der Waals surface area contributed by atoms with Crippen LogP contribution in [0.2, 0.25) is 0 Å². The van der Waals surface area contributed by atoms with E-state index in [1.165, 1.54) is 25.7 Å². The third-order valence-corrected chi connectivity index (χ3v) is 3.65. The molecule has 2 saturated carbocycles. The van der Waals surface area contributed by atoms with Gasteiger partial charge in [0, 0.05) is 12.2 Å². The molecule has 1 spiro atoms. The summed E-state index contributed by atoms with van der Waals surface area (Å²) in [7, 11) is 0. The number of rotatable bonds is 2. The van der Waals surface area contributed by atoms with Gasteiger partial charge < -0.3 is 10.5 Å². The van der Waals surface area contributed by atoms with Crippen LogP contribution >= 0.6 is 0 Å². The van der Waals surface area contributed by atoms with Crippen molar-refractivity contribution >= 4 is 0 Å². The van der Waals surface area contributed by atoms with Crippen LogP contribution in [0.15, 0.2) is 24.5 Å². The molecule has 0 saturated heterocycles. The number of aromatic nitrogens is 1. The van der Waals surface area contributed by atoms with Gasteiger partial charge in [-0.2, -0.15) is 0 Å². The maximum atomic E-state index is 5.81. The summed E-state index contributed by atoms with van der Waals surface area (Å²) in [5.74, 6) is 0.890. The third kappa shape index (κ3) is 1.61. The van der Waals surface area contributed by atoms with Crippen LogP contribution < -0.4 is 10.5 Å². The van der Waals surface area contributed by atoms with Crippen molar-refractivity contribution in [3.8, 4) is 5.75 Å². The molecule has 3 rings (SSSR count). The highest BCUT2D eigenvalue weighted by molar-refractivity contribution is 5.17. The molecule has 15 heavy (non-hydrogen) atoms. The Hall–Kier alpha value is -1.09. The first-order valence-corrected chi connectivity index (χ1v) is 5.58. The van der Waals surface area contributed by atoms with Crippen LogP contribution in [0.5, 0.6) is 5.75 Å². The minimum atomic E-state index is 0.390. The first kappa shape index (κ1) is 9.16. The third-order valence-electron chi connectivity index (χ3n) is 3.65. The van der Waals surface area contributed by atoms with Gasteiger partial charge in [0.2, 0.25) is 0 Å². The number of pyridine rings is 1. The predicted molar refractivity (Wildman–Crippen MR) is 57.5 cm³/mol. The maximum Gasteiger partial charge on any atom is 0.137 e. The Kier molecular flexibility index (Phi) is 1.96. The largest absolute Gasteiger partial charge is 0.489 e. The second kappa shape index (κ2) is 3.20. The molecule has 3 nitrogen and oxygen atoms in total. The van der Waals surface area contributed by atoms with Gasteiger partial charge in [0.05, 0.1) is 12.3 Å². The summed E-state index contributed by atoms with van der Waals surface area (Å²) < 4.78 is 5.81. The molecule has 1 heterocycles. The number of nitrogens with two attached hydrogens (primary N) is 1. The van der Waals surface area contributed by atoms with Crippen LogP contribution in [0.1, 0.15) is 25.7 Å². The molecule has 2 aliphatic rings. The van der Waals surface area contributed by atoms with E-state index in [0.717, 1.165) is 5.75 Å². The molecule has 0 aromatic carbocycles. The van der Waals surface area contributed by atoms with E-state index in [4.69, 9.17) is 10.5 Å². The van der Waals surface area contributed by atoms with Crippen molar-refractivity contribution in [1.29, 1.82) is 0 Å². The Balaban J connectivity index is 1.52. The molecule has 1 aromatic heterocycles. The summed E-state index contributed by atoms with van der Waals surface area (Å²) in [6, 6.07) is 4.32. The molecule has 0 radical (unpaired) electrons. The Labute approximate surface area is 89.6 Å². The van der Waals surface area contributed by atoms with Gasteiger partial charge in [0.1, 0.15) is 5.75 Å². The Morgan fingerprint density at radius 3 is 2.73 bits per heavy atom. The summed E-state index contributed by atoms with van der Waals surface area (Å²) >= 11 is 0. The molecule has 0 amide bonds. The highest BCUT2D eigenvalue weighted by Crippen LogP contribution is 2.56. The molecule has 1 aromatic rings. The van der Waals surface area contributed by atoms with E-state index in [9.17, 15) is 0 Å². The van der Waals surface area contributed by atoms with Crippen molar-refractivity contribution in [2.24, 2.45) is 11.1 Å². The van der Waals surface area contributed by atoms with Gasteiger partial charge in [-0.1, -0.05) is 0 Å². The zero-order valence-corrected chi connectivity index (χ0v) is 8.73. The molecule has 0 atom stereocenters. The molecule has 0 bridgehead atoms. The second-order valence-electron chi connectivity index (χ2n) is 5.01. The van der Waals surface area contributed by atoms with E-state index >= 15 is 0 Å². The lowest BCUT2D eigenvalue weighted by Gasteiger charge is -2.56. The van der Waals surface area contributed by atoms with E-state index in [2.05, 4.69) is 4.98 Å². The fourth-order valence-corrected chi connectivity index (χ4v) is 2.98. The molecule has 3 heteroatoms. The average molecular weight is 204 g/mol. The monoisotopic (exact) mass is 204 g/mol. The fraction of sp³-hybridized carbons (Fsp3) is 0.583. The summed E-state index contributed by atoms with van der Waals surface area (Å²) in [6.45, 7) is 0. The zero-order chi connectivity index (χ0) is 10.3. The molecule has 2 N–H and O–H groups in total. The first-order valence-electron chi connectivity index (χ1n) is 5.58. The van der Waals surface area contributed by atoms with E-state index in [1.807, 2.05) is 12.1 Å². The zero-order valence-electron chi connectivity index (χ0n) is 8.73. The van der Waals surface area contributed by atoms with E-state index in [1.54, 1.807) is 12.4 Å². The lowest BCUT2D eigenvalue weighted by atomic mass is 9.53. The molecule has 0 aliphatic heterocycles. The molecular weight excluding hydrogens is 188 g/mol. The number of hydrogen-bond donors (Lipinski definition) is 1. The second-order valence-corrected chi connectivity index (χ2v) is 5.01. The standard InChI is InChI=1S/C12H16N2O/c13-9-4-12(5-9)6-11(7-12)15-10-2-1-3-14-8-10/h1-3,8-9,11H,4-7,13H2. The summed E-state index contributed by atoms with van der Waals surface area (Å²) in [5, 5.41) is 0. The van der Waals surface area contributed by atoms with Gasteiger partial charge in [0.15, 0.2) is 0 Å². The molecule has 2 aliphatic carbocycles. The van der Waals surface area contributed by atoms with Gasteiger partial charge in [-0.15, -0.1) is 0 Å². The topological polar surface area (TPSA) is 48.1 Å². The summed E-state index contributed by atoms with van der Waals surface area (Å²) in [5.41, 5.74) is 6.36. The highest BCUT2D eigenvalue weighted by atomic mass is 16.5. The van der Waals surface area contributed by atoms with Crippen LogP contribution in [0.25, 0.3) is 0 Å². The Morgan fingerprint density at radius 2 is 2.13 bits per heavy atom. The molecule has 80 valence electrons. The quantitative estimate of drug-likeness (QED) is 0.798. The van der Waals surface area contributed by atoms with Gasteiger partial charge in [-0.25, -0.2) is 0 Å². The molecule has 2 fully saturated rings. The minimum Gasteiger partial charge on any atom is -0.489 e.